The Morgan fingerprint density at radius 3 is 2.53 bits per heavy atom. The molecule has 0 saturated heterocycles. The first-order valence-electron chi connectivity index (χ1n) is 10.7. The number of amidine groups is 1. The summed E-state index contributed by atoms with van der Waals surface area (Å²) in [5.74, 6) is -3.21. The topological polar surface area (TPSA) is 102 Å². The Hall–Kier alpha value is -2.91. The van der Waals surface area contributed by atoms with Gasteiger partial charge in [-0.2, -0.15) is 13.2 Å². The Labute approximate surface area is 183 Å². The van der Waals surface area contributed by atoms with Crippen molar-refractivity contribution in [2.24, 2.45) is 5.41 Å². The Bertz CT molecular complexity index is 987. The third-order valence-electron chi connectivity index (χ3n) is 6.72. The van der Waals surface area contributed by atoms with Crippen molar-refractivity contribution < 1.29 is 27.6 Å². The highest BCUT2D eigenvalue weighted by molar-refractivity contribution is 6.09. The molecule has 3 aliphatic rings. The number of hydrogen-bond donors (Lipinski definition) is 3. The molecule has 0 radical (unpaired) electrons. The number of hydrogen-bond acceptors (Lipinski definition) is 4. The number of carbonyl (C=O) groups is 3. The SMILES string of the molecule is CC1(C(=O)NC2CCCCC2N2Cc3ccc(C(=N)NC(=O)C(F)(F)F)cc3C2=O)CC1. The van der Waals surface area contributed by atoms with Crippen LogP contribution in [0.3, 0.4) is 0 Å². The van der Waals surface area contributed by atoms with E-state index in [2.05, 4.69) is 5.32 Å². The van der Waals surface area contributed by atoms with Crippen LogP contribution in [0.1, 0.15) is 66.9 Å². The molecular weight excluding hydrogens is 425 g/mol. The number of nitrogens with one attached hydrogen (secondary N) is 3. The molecular formula is C22H25F3N4O3. The van der Waals surface area contributed by atoms with Gasteiger partial charge in [-0.1, -0.05) is 31.9 Å². The second-order valence-electron chi connectivity index (χ2n) is 9.12. The number of alkyl halides is 3. The van der Waals surface area contributed by atoms with Gasteiger partial charge in [0, 0.05) is 29.1 Å². The predicted octanol–water partition coefficient (Wildman–Crippen LogP) is 2.87. The zero-order valence-corrected chi connectivity index (χ0v) is 17.6. The lowest BCUT2D eigenvalue weighted by Crippen LogP contribution is -2.54. The van der Waals surface area contributed by atoms with Gasteiger partial charge in [0.05, 0.1) is 6.04 Å². The maximum absolute atomic E-state index is 13.2. The summed E-state index contributed by atoms with van der Waals surface area (Å²) in [7, 11) is 0. The van der Waals surface area contributed by atoms with Crippen molar-refractivity contribution in [1.82, 2.24) is 15.5 Å². The maximum Gasteiger partial charge on any atom is 0.471 e. The van der Waals surface area contributed by atoms with E-state index in [-0.39, 0.29) is 34.9 Å². The molecule has 1 aromatic rings. The molecule has 2 atom stereocenters. The molecule has 3 amide bonds. The lowest BCUT2D eigenvalue weighted by Gasteiger charge is -2.38. The van der Waals surface area contributed by atoms with Crippen LogP contribution in [0.5, 0.6) is 0 Å². The smallest absolute Gasteiger partial charge is 0.351 e. The van der Waals surface area contributed by atoms with Crippen molar-refractivity contribution >= 4 is 23.6 Å². The molecule has 2 saturated carbocycles. The fraction of sp³-hybridized carbons (Fsp3) is 0.545. The van der Waals surface area contributed by atoms with Crippen molar-refractivity contribution in [2.75, 3.05) is 0 Å². The molecule has 7 nitrogen and oxygen atoms in total. The van der Waals surface area contributed by atoms with Crippen molar-refractivity contribution in [3.8, 4) is 0 Å². The van der Waals surface area contributed by atoms with Crippen LogP contribution < -0.4 is 10.6 Å². The molecule has 2 aliphatic carbocycles. The number of benzene rings is 1. The Morgan fingerprint density at radius 2 is 1.88 bits per heavy atom. The van der Waals surface area contributed by atoms with Crippen LogP contribution in [0.2, 0.25) is 0 Å². The van der Waals surface area contributed by atoms with Gasteiger partial charge in [0.25, 0.3) is 5.91 Å². The van der Waals surface area contributed by atoms with Crippen LogP contribution in [0.25, 0.3) is 0 Å². The number of fused-ring (bicyclic) bond motifs is 1. The van der Waals surface area contributed by atoms with Gasteiger partial charge in [-0.25, -0.2) is 0 Å². The van der Waals surface area contributed by atoms with E-state index in [1.807, 2.05) is 6.92 Å². The van der Waals surface area contributed by atoms with Crippen LogP contribution >= 0.6 is 0 Å². The van der Waals surface area contributed by atoms with Crippen LogP contribution in [0, 0.1) is 10.8 Å². The summed E-state index contributed by atoms with van der Waals surface area (Å²) in [5.41, 5.74) is 0.722. The molecule has 1 aromatic carbocycles. The van der Waals surface area contributed by atoms with Gasteiger partial charge in [-0.3, -0.25) is 19.8 Å². The largest absolute Gasteiger partial charge is 0.471 e. The van der Waals surface area contributed by atoms with Gasteiger partial charge in [-0.05, 0) is 37.3 Å². The highest BCUT2D eigenvalue weighted by Crippen LogP contribution is 2.45. The minimum Gasteiger partial charge on any atom is -0.351 e. The lowest BCUT2D eigenvalue weighted by molar-refractivity contribution is -0.171. The molecule has 1 aliphatic heterocycles. The van der Waals surface area contributed by atoms with Gasteiger partial charge in [0.2, 0.25) is 5.91 Å². The van der Waals surface area contributed by atoms with E-state index in [0.717, 1.165) is 38.5 Å². The second-order valence-corrected chi connectivity index (χ2v) is 9.12. The number of nitrogens with zero attached hydrogens (tertiary/aromatic N) is 1. The van der Waals surface area contributed by atoms with Crippen molar-refractivity contribution in [3.05, 3.63) is 34.9 Å². The molecule has 0 aromatic heterocycles. The first-order chi connectivity index (χ1) is 15.0. The molecule has 4 rings (SSSR count). The zero-order chi connectivity index (χ0) is 23.3. The first-order valence-corrected chi connectivity index (χ1v) is 10.7. The molecule has 0 spiro atoms. The average molecular weight is 450 g/mol. The molecule has 1 heterocycles. The number of carbonyl (C=O) groups excluding carboxylic acids is 3. The van der Waals surface area contributed by atoms with Gasteiger partial charge < -0.3 is 15.5 Å². The zero-order valence-electron chi connectivity index (χ0n) is 17.6. The Kier molecular flexibility index (Phi) is 5.50. The van der Waals surface area contributed by atoms with Gasteiger partial charge in [0.15, 0.2) is 0 Å². The fourth-order valence-electron chi connectivity index (χ4n) is 4.41. The van der Waals surface area contributed by atoms with Gasteiger partial charge >= 0.3 is 12.1 Å². The lowest BCUT2D eigenvalue weighted by atomic mass is 9.88. The van der Waals surface area contributed by atoms with Crippen LogP contribution in [-0.2, 0) is 16.1 Å². The monoisotopic (exact) mass is 450 g/mol. The average Bonchev–Trinajstić information content (AvgIpc) is 3.41. The predicted molar refractivity (Wildman–Crippen MR) is 109 cm³/mol. The van der Waals surface area contributed by atoms with E-state index in [9.17, 15) is 27.6 Å². The van der Waals surface area contributed by atoms with Crippen LogP contribution in [0.15, 0.2) is 18.2 Å². The summed E-state index contributed by atoms with van der Waals surface area (Å²) in [4.78, 5) is 38.6. The summed E-state index contributed by atoms with van der Waals surface area (Å²) in [6.07, 6.45) is 0.0697. The van der Waals surface area contributed by atoms with Crippen molar-refractivity contribution in [3.63, 3.8) is 0 Å². The maximum atomic E-state index is 13.2. The summed E-state index contributed by atoms with van der Waals surface area (Å²) in [6.45, 7) is 2.27. The van der Waals surface area contributed by atoms with E-state index in [1.165, 1.54) is 17.4 Å². The van der Waals surface area contributed by atoms with E-state index >= 15 is 0 Å². The van der Waals surface area contributed by atoms with Crippen molar-refractivity contribution in [2.45, 2.75) is 70.3 Å². The third-order valence-corrected chi connectivity index (χ3v) is 6.72. The summed E-state index contributed by atoms with van der Waals surface area (Å²) in [6, 6.07) is 4.05. The third kappa shape index (κ3) is 4.22. The first kappa shape index (κ1) is 22.3. The fourth-order valence-corrected chi connectivity index (χ4v) is 4.41. The minimum absolute atomic E-state index is 0.0201. The molecule has 10 heteroatoms. The van der Waals surface area contributed by atoms with E-state index in [4.69, 9.17) is 5.41 Å². The van der Waals surface area contributed by atoms with E-state index in [1.54, 1.807) is 11.0 Å². The van der Waals surface area contributed by atoms with Gasteiger partial charge in [-0.15, -0.1) is 0 Å². The quantitative estimate of drug-likeness (QED) is 0.486. The summed E-state index contributed by atoms with van der Waals surface area (Å²) < 4.78 is 37.4. The van der Waals surface area contributed by atoms with Crippen LogP contribution in [0.4, 0.5) is 13.2 Å². The van der Waals surface area contributed by atoms with E-state index in [0.29, 0.717) is 17.7 Å². The second kappa shape index (κ2) is 7.90. The molecule has 32 heavy (non-hydrogen) atoms. The molecule has 3 N–H and O–H groups in total. The van der Waals surface area contributed by atoms with Crippen LogP contribution in [-0.4, -0.2) is 46.7 Å². The standard InChI is InChI=1S/C22H25F3N4O3/c1-21(8-9-21)19(31)27-15-4-2-3-5-16(15)29-11-13-7-6-12(10-14(13)18(29)30)17(26)28-20(32)22(23,24)25/h6-7,10,15-16H,2-5,8-9,11H2,1H3,(H,27,31)(H2,26,28,32). The molecule has 0 bridgehead atoms. The minimum atomic E-state index is -5.10. The Balaban J connectivity index is 1.49. The summed E-state index contributed by atoms with van der Waals surface area (Å²) in [5, 5.41) is 12.4. The summed E-state index contributed by atoms with van der Waals surface area (Å²) >= 11 is 0. The number of halogens is 3. The highest BCUT2D eigenvalue weighted by atomic mass is 19.4. The van der Waals surface area contributed by atoms with E-state index < -0.39 is 17.9 Å². The van der Waals surface area contributed by atoms with Crippen molar-refractivity contribution in [1.29, 1.82) is 5.41 Å². The van der Waals surface area contributed by atoms with Gasteiger partial charge in [0.1, 0.15) is 5.84 Å². The molecule has 172 valence electrons. The Morgan fingerprint density at radius 1 is 1.19 bits per heavy atom. The number of rotatable bonds is 4. The normalized spacial score (nSPS) is 24.0. The molecule has 2 unspecified atom stereocenters. The number of amides is 3. The highest BCUT2D eigenvalue weighted by Gasteiger charge is 2.47. The molecule has 2 fully saturated rings.